The summed E-state index contributed by atoms with van der Waals surface area (Å²) < 4.78 is 5.45. The van der Waals surface area contributed by atoms with Crippen molar-refractivity contribution in [2.24, 2.45) is 0 Å². The Morgan fingerprint density at radius 2 is 2.11 bits per heavy atom. The zero-order valence-electron chi connectivity index (χ0n) is 16.3. The summed E-state index contributed by atoms with van der Waals surface area (Å²) in [5.74, 6) is 0.586. The van der Waals surface area contributed by atoms with Gasteiger partial charge in [0.1, 0.15) is 11.4 Å². The first-order valence-corrected chi connectivity index (χ1v) is 9.31. The van der Waals surface area contributed by atoms with Crippen LogP contribution in [0.15, 0.2) is 18.2 Å². The van der Waals surface area contributed by atoms with Crippen molar-refractivity contribution >= 4 is 23.5 Å². The van der Waals surface area contributed by atoms with E-state index in [1.807, 2.05) is 39.8 Å². The van der Waals surface area contributed by atoms with Crippen LogP contribution in [0.25, 0.3) is 0 Å². The van der Waals surface area contributed by atoms with Crippen LogP contribution < -0.4 is 5.32 Å². The molecule has 0 saturated carbocycles. The fraction of sp³-hybridized carbons (Fsp3) is 0.400. The number of nitriles is 1. The highest BCUT2D eigenvalue weighted by atomic mass is 35.5. The molecule has 0 fully saturated rings. The molecular weight excluding hydrogens is 378 g/mol. The van der Waals surface area contributed by atoms with E-state index in [1.54, 1.807) is 11.0 Å². The molecule has 0 radical (unpaired) electrons. The molecule has 146 valence electrons. The number of amides is 1. The minimum Gasteiger partial charge on any atom is -0.444 e. The third kappa shape index (κ3) is 4.34. The maximum atomic E-state index is 12.4. The second kappa shape index (κ2) is 7.64. The summed E-state index contributed by atoms with van der Waals surface area (Å²) in [7, 11) is 0. The van der Waals surface area contributed by atoms with Gasteiger partial charge in [0.25, 0.3) is 0 Å². The van der Waals surface area contributed by atoms with Crippen molar-refractivity contribution in [3.8, 4) is 6.07 Å². The van der Waals surface area contributed by atoms with Gasteiger partial charge in [-0.15, -0.1) is 0 Å². The smallest absolute Gasteiger partial charge is 0.410 e. The van der Waals surface area contributed by atoms with Crippen LogP contribution in [0.1, 0.15) is 48.7 Å². The number of halogens is 1. The predicted molar refractivity (Wildman–Crippen MR) is 106 cm³/mol. The average molecular weight is 400 g/mol. The maximum absolute atomic E-state index is 12.4. The number of carbonyl (C=O) groups is 1. The van der Waals surface area contributed by atoms with Gasteiger partial charge >= 0.3 is 6.09 Å². The third-order valence-corrected chi connectivity index (χ3v) is 4.59. The number of carbonyl (C=O) groups excluding carboxylic acids is 1. The quantitative estimate of drug-likeness (QED) is 0.778. The lowest BCUT2D eigenvalue weighted by Gasteiger charge is -2.24. The standard InChI is InChI=1S/C20H22ClN5O2/c1-12-13(8-22)6-5-7-14(12)9-23-17-15-10-26(19(27)28-20(2,3)4)11-16(15)24-18(21)25-17/h5-7H,9-11H2,1-4H3,(H,23,24,25). The van der Waals surface area contributed by atoms with Gasteiger partial charge in [0.05, 0.1) is 30.4 Å². The molecule has 2 heterocycles. The van der Waals surface area contributed by atoms with Gasteiger partial charge in [0.2, 0.25) is 5.28 Å². The Hall–Kier alpha value is -2.85. The number of ether oxygens (including phenoxy) is 1. The van der Waals surface area contributed by atoms with Gasteiger partial charge < -0.3 is 10.1 Å². The molecule has 1 aliphatic rings. The summed E-state index contributed by atoms with van der Waals surface area (Å²) in [6.45, 7) is 8.55. The topological polar surface area (TPSA) is 91.1 Å². The summed E-state index contributed by atoms with van der Waals surface area (Å²) in [5.41, 5.74) is 3.51. The average Bonchev–Trinajstić information content (AvgIpc) is 3.03. The molecule has 1 amide bonds. The fourth-order valence-corrected chi connectivity index (χ4v) is 3.19. The summed E-state index contributed by atoms with van der Waals surface area (Å²) >= 11 is 6.08. The summed E-state index contributed by atoms with van der Waals surface area (Å²) in [6.07, 6.45) is -0.398. The first-order valence-electron chi connectivity index (χ1n) is 8.93. The number of nitrogens with one attached hydrogen (secondary N) is 1. The fourth-order valence-electron chi connectivity index (χ4n) is 3.00. The summed E-state index contributed by atoms with van der Waals surface area (Å²) in [4.78, 5) is 22.5. The first-order chi connectivity index (χ1) is 13.2. The Kier molecular flexibility index (Phi) is 5.43. The van der Waals surface area contributed by atoms with Crippen LogP contribution in [-0.2, 0) is 24.4 Å². The van der Waals surface area contributed by atoms with Gasteiger partial charge in [-0.05, 0) is 56.5 Å². The zero-order chi connectivity index (χ0) is 20.5. The van der Waals surface area contributed by atoms with Crippen LogP contribution >= 0.6 is 11.6 Å². The molecule has 0 aliphatic carbocycles. The Balaban J connectivity index is 1.79. The molecule has 1 N–H and O–H groups in total. The van der Waals surface area contributed by atoms with Crippen molar-refractivity contribution in [1.29, 1.82) is 5.26 Å². The SMILES string of the molecule is Cc1c(C#N)cccc1CNc1nc(Cl)nc2c1CN(C(=O)OC(C)(C)C)C2. The van der Waals surface area contributed by atoms with Gasteiger partial charge in [-0.2, -0.15) is 5.26 Å². The van der Waals surface area contributed by atoms with Crippen LogP contribution in [0.2, 0.25) is 5.28 Å². The Morgan fingerprint density at radius 1 is 1.36 bits per heavy atom. The molecule has 28 heavy (non-hydrogen) atoms. The number of aromatic nitrogens is 2. The molecule has 7 nitrogen and oxygen atoms in total. The number of fused-ring (bicyclic) bond motifs is 1. The molecule has 1 aromatic carbocycles. The maximum Gasteiger partial charge on any atom is 0.410 e. The lowest BCUT2D eigenvalue weighted by molar-refractivity contribution is 0.0241. The van der Waals surface area contributed by atoms with E-state index in [2.05, 4.69) is 21.4 Å². The third-order valence-electron chi connectivity index (χ3n) is 4.42. The van der Waals surface area contributed by atoms with E-state index in [4.69, 9.17) is 16.3 Å². The summed E-state index contributed by atoms with van der Waals surface area (Å²) in [5, 5.41) is 12.6. The van der Waals surface area contributed by atoms with E-state index in [9.17, 15) is 10.1 Å². The molecule has 1 aliphatic heterocycles. The molecule has 1 aromatic heterocycles. The van der Waals surface area contributed by atoms with Crippen molar-refractivity contribution in [3.05, 3.63) is 51.4 Å². The van der Waals surface area contributed by atoms with E-state index in [0.717, 1.165) is 16.7 Å². The number of rotatable bonds is 3. The number of anilines is 1. The van der Waals surface area contributed by atoms with E-state index in [0.29, 0.717) is 36.7 Å². The van der Waals surface area contributed by atoms with Gasteiger partial charge in [0, 0.05) is 12.1 Å². The highest BCUT2D eigenvalue weighted by molar-refractivity contribution is 6.28. The van der Waals surface area contributed by atoms with Crippen LogP contribution in [-0.4, -0.2) is 26.6 Å². The highest BCUT2D eigenvalue weighted by Gasteiger charge is 2.31. The largest absolute Gasteiger partial charge is 0.444 e. The van der Waals surface area contributed by atoms with Crippen molar-refractivity contribution in [2.45, 2.75) is 52.9 Å². The minimum atomic E-state index is -0.570. The van der Waals surface area contributed by atoms with Gasteiger partial charge in [-0.3, -0.25) is 4.90 Å². The first kappa shape index (κ1) is 19.9. The van der Waals surface area contributed by atoms with Crippen molar-refractivity contribution in [1.82, 2.24) is 14.9 Å². The number of benzene rings is 1. The molecule has 0 spiro atoms. The molecule has 0 bridgehead atoms. The van der Waals surface area contributed by atoms with Gasteiger partial charge in [-0.25, -0.2) is 14.8 Å². The van der Waals surface area contributed by atoms with Crippen molar-refractivity contribution in [2.75, 3.05) is 5.32 Å². The zero-order valence-corrected chi connectivity index (χ0v) is 17.1. The molecule has 2 aromatic rings. The van der Waals surface area contributed by atoms with E-state index >= 15 is 0 Å². The molecule has 0 unspecified atom stereocenters. The lowest BCUT2D eigenvalue weighted by atomic mass is 10.0. The van der Waals surface area contributed by atoms with Gasteiger partial charge in [0.15, 0.2) is 0 Å². The van der Waals surface area contributed by atoms with Crippen LogP contribution in [0.3, 0.4) is 0 Å². The highest BCUT2D eigenvalue weighted by Crippen LogP contribution is 2.29. The van der Waals surface area contributed by atoms with E-state index in [1.165, 1.54) is 0 Å². The van der Waals surface area contributed by atoms with E-state index in [-0.39, 0.29) is 5.28 Å². The Labute approximate surface area is 169 Å². The lowest BCUT2D eigenvalue weighted by Crippen LogP contribution is -2.33. The molecule has 0 atom stereocenters. The predicted octanol–water partition coefficient (Wildman–Crippen LogP) is 4.17. The molecule has 0 saturated heterocycles. The minimum absolute atomic E-state index is 0.120. The number of nitrogens with zero attached hydrogens (tertiary/aromatic N) is 4. The van der Waals surface area contributed by atoms with Crippen molar-refractivity contribution < 1.29 is 9.53 Å². The van der Waals surface area contributed by atoms with Crippen LogP contribution in [0.5, 0.6) is 0 Å². The second-order valence-electron chi connectivity index (χ2n) is 7.66. The van der Waals surface area contributed by atoms with Crippen molar-refractivity contribution in [3.63, 3.8) is 0 Å². The van der Waals surface area contributed by atoms with Crippen LogP contribution in [0.4, 0.5) is 10.6 Å². The number of hydrogen-bond donors (Lipinski definition) is 1. The Bertz CT molecular complexity index is 962. The molecule has 3 rings (SSSR count). The van der Waals surface area contributed by atoms with E-state index < -0.39 is 11.7 Å². The van der Waals surface area contributed by atoms with Gasteiger partial charge in [-0.1, -0.05) is 12.1 Å². The Morgan fingerprint density at radius 3 is 2.79 bits per heavy atom. The normalized spacial score (nSPS) is 13.1. The molecule has 8 heteroatoms. The number of hydrogen-bond acceptors (Lipinski definition) is 6. The second-order valence-corrected chi connectivity index (χ2v) is 8.00. The molecular formula is C20H22ClN5O2. The monoisotopic (exact) mass is 399 g/mol. The van der Waals surface area contributed by atoms with Crippen LogP contribution in [0, 0.1) is 18.3 Å². The summed E-state index contributed by atoms with van der Waals surface area (Å²) in [6, 6.07) is 7.79.